The SMILES string of the molecule is CCNC(C)c1cccnc1N1CCC(C(C)(C)C)C1. The zero-order chi connectivity index (χ0) is 14.8. The lowest BCUT2D eigenvalue weighted by Gasteiger charge is -2.28. The Labute approximate surface area is 123 Å². The van der Waals surface area contributed by atoms with Crippen molar-refractivity contribution in [2.24, 2.45) is 11.3 Å². The van der Waals surface area contributed by atoms with Crippen LogP contribution in [0.1, 0.15) is 52.6 Å². The van der Waals surface area contributed by atoms with E-state index in [-0.39, 0.29) is 0 Å². The molecular formula is C17H29N3. The summed E-state index contributed by atoms with van der Waals surface area (Å²) >= 11 is 0. The van der Waals surface area contributed by atoms with Crippen molar-refractivity contribution in [1.29, 1.82) is 0 Å². The van der Waals surface area contributed by atoms with E-state index >= 15 is 0 Å². The minimum Gasteiger partial charge on any atom is -0.356 e. The summed E-state index contributed by atoms with van der Waals surface area (Å²) in [6.07, 6.45) is 3.19. The quantitative estimate of drug-likeness (QED) is 0.909. The normalized spacial score (nSPS) is 21.2. The molecule has 0 amide bonds. The first-order valence-corrected chi connectivity index (χ1v) is 7.86. The van der Waals surface area contributed by atoms with Crippen LogP contribution >= 0.6 is 0 Å². The second-order valence-electron chi connectivity index (χ2n) is 6.99. The fourth-order valence-electron chi connectivity index (χ4n) is 3.09. The van der Waals surface area contributed by atoms with Gasteiger partial charge in [0.05, 0.1) is 0 Å². The molecule has 3 nitrogen and oxygen atoms in total. The highest BCUT2D eigenvalue weighted by Gasteiger charge is 2.33. The molecule has 0 aromatic carbocycles. The van der Waals surface area contributed by atoms with Crippen molar-refractivity contribution in [3.8, 4) is 0 Å². The van der Waals surface area contributed by atoms with Gasteiger partial charge in [-0.3, -0.25) is 0 Å². The van der Waals surface area contributed by atoms with E-state index in [1.54, 1.807) is 0 Å². The van der Waals surface area contributed by atoms with Crippen molar-refractivity contribution in [3.63, 3.8) is 0 Å². The van der Waals surface area contributed by atoms with E-state index in [9.17, 15) is 0 Å². The summed E-state index contributed by atoms with van der Waals surface area (Å²) in [5, 5.41) is 3.50. The lowest BCUT2D eigenvalue weighted by molar-refractivity contribution is 0.263. The van der Waals surface area contributed by atoms with Gasteiger partial charge in [-0.2, -0.15) is 0 Å². The molecule has 1 aromatic rings. The first kappa shape index (κ1) is 15.3. The summed E-state index contributed by atoms with van der Waals surface area (Å²) in [7, 11) is 0. The monoisotopic (exact) mass is 275 g/mol. The fourth-order valence-corrected chi connectivity index (χ4v) is 3.09. The van der Waals surface area contributed by atoms with Gasteiger partial charge in [-0.15, -0.1) is 0 Å². The third kappa shape index (κ3) is 3.32. The van der Waals surface area contributed by atoms with E-state index < -0.39 is 0 Å². The van der Waals surface area contributed by atoms with Crippen LogP contribution in [0.4, 0.5) is 5.82 Å². The highest BCUT2D eigenvalue weighted by molar-refractivity contribution is 5.49. The summed E-state index contributed by atoms with van der Waals surface area (Å²) < 4.78 is 0. The van der Waals surface area contributed by atoms with E-state index in [2.05, 4.69) is 55.9 Å². The highest BCUT2D eigenvalue weighted by Crippen LogP contribution is 2.36. The molecule has 1 saturated heterocycles. The molecule has 1 aliphatic rings. The molecule has 112 valence electrons. The van der Waals surface area contributed by atoms with Crippen LogP contribution in [0.25, 0.3) is 0 Å². The summed E-state index contributed by atoms with van der Waals surface area (Å²) in [6.45, 7) is 14.7. The molecule has 2 heterocycles. The molecule has 2 unspecified atom stereocenters. The predicted molar refractivity (Wildman–Crippen MR) is 86.1 cm³/mol. The maximum atomic E-state index is 4.67. The molecule has 20 heavy (non-hydrogen) atoms. The molecule has 1 N–H and O–H groups in total. The van der Waals surface area contributed by atoms with E-state index in [0.29, 0.717) is 11.5 Å². The van der Waals surface area contributed by atoms with Gasteiger partial charge in [-0.25, -0.2) is 4.98 Å². The highest BCUT2D eigenvalue weighted by atomic mass is 15.2. The number of rotatable bonds is 4. The van der Waals surface area contributed by atoms with E-state index in [4.69, 9.17) is 0 Å². The minimum absolute atomic E-state index is 0.359. The maximum absolute atomic E-state index is 4.67. The van der Waals surface area contributed by atoms with Gasteiger partial charge < -0.3 is 10.2 Å². The first-order chi connectivity index (χ1) is 9.43. The molecule has 2 atom stereocenters. The van der Waals surface area contributed by atoms with Gasteiger partial charge in [0.15, 0.2) is 0 Å². The molecule has 0 aliphatic carbocycles. The Morgan fingerprint density at radius 1 is 1.45 bits per heavy atom. The lowest BCUT2D eigenvalue weighted by Crippen LogP contribution is -2.28. The van der Waals surface area contributed by atoms with Gasteiger partial charge in [0, 0.05) is 30.9 Å². The zero-order valence-corrected chi connectivity index (χ0v) is 13.6. The van der Waals surface area contributed by atoms with Gasteiger partial charge in [0.2, 0.25) is 0 Å². The molecule has 2 rings (SSSR count). The Hall–Kier alpha value is -1.09. The molecule has 1 aromatic heterocycles. The van der Waals surface area contributed by atoms with Crippen molar-refractivity contribution in [2.45, 2.75) is 47.1 Å². The molecule has 3 heteroatoms. The molecule has 1 fully saturated rings. The summed E-state index contributed by atoms with van der Waals surface area (Å²) in [6, 6.07) is 4.61. The zero-order valence-electron chi connectivity index (χ0n) is 13.6. The standard InChI is InChI=1S/C17H29N3/c1-6-18-13(2)15-8-7-10-19-16(15)20-11-9-14(12-20)17(3,4)5/h7-8,10,13-14,18H,6,9,11-12H2,1-5H3. The van der Waals surface area contributed by atoms with Crippen LogP contribution in [0, 0.1) is 11.3 Å². The van der Waals surface area contributed by atoms with Crippen LogP contribution in [0.2, 0.25) is 0 Å². The van der Waals surface area contributed by atoms with Crippen molar-refractivity contribution < 1.29 is 0 Å². The Balaban J connectivity index is 2.18. The Morgan fingerprint density at radius 3 is 2.80 bits per heavy atom. The number of pyridine rings is 1. The fraction of sp³-hybridized carbons (Fsp3) is 0.706. The molecule has 1 aliphatic heterocycles. The van der Waals surface area contributed by atoms with Crippen LogP contribution in [-0.4, -0.2) is 24.6 Å². The van der Waals surface area contributed by atoms with Gasteiger partial charge in [0.1, 0.15) is 5.82 Å². The molecule has 0 radical (unpaired) electrons. The van der Waals surface area contributed by atoms with Crippen LogP contribution < -0.4 is 10.2 Å². The predicted octanol–water partition coefficient (Wildman–Crippen LogP) is 3.62. The topological polar surface area (TPSA) is 28.2 Å². The summed E-state index contributed by atoms with van der Waals surface area (Å²) in [5.41, 5.74) is 1.71. The van der Waals surface area contributed by atoms with Crippen molar-refractivity contribution in [3.05, 3.63) is 23.9 Å². The number of aromatic nitrogens is 1. The summed E-state index contributed by atoms with van der Waals surface area (Å²) in [5.74, 6) is 1.93. The van der Waals surface area contributed by atoms with Crippen LogP contribution in [0.3, 0.4) is 0 Å². The maximum Gasteiger partial charge on any atom is 0.133 e. The van der Waals surface area contributed by atoms with Gasteiger partial charge >= 0.3 is 0 Å². The van der Waals surface area contributed by atoms with Crippen molar-refractivity contribution >= 4 is 5.82 Å². The molecule has 0 saturated carbocycles. The average molecular weight is 275 g/mol. The lowest BCUT2D eigenvalue weighted by atomic mass is 9.80. The number of nitrogens with zero attached hydrogens (tertiary/aromatic N) is 2. The van der Waals surface area contributed by atoms with Gasteiger partial charge in [-0.05, 0) is 37.3 Å². The van der Waals surface area contributed by atoms with E-state index in [0.717, 1.165) is 25.6 Å². The average Bonchev–Trinajstić information content (AvgIpc) is 2.88. The third-order valence-corrected chi connectivity index (χ3v) is 4.51. The Bertz CT molecular complexity index is 436. The summed E-state index contributed by atoms with van der Waals surface area (Å²) in [4.78, 5) is 7.14. The van der Waals surface area contributed by atoms with E-state index in [1.165, 1.54) is 17.8 Å². The van der Waals surface area contributed by atoms with Crippen LogP contribution in [0.5, 0.6) is 0 Å². The molecular weight excluding hydrogens is 246 g/mol. The van der Waals surface area contributed by atoms with Crippen LogP contribution in [-0.2, 0) is 0 Å². The molecule has 0 spiro atoms. The minimum atomic E-state index is 0.359. The Kier molecular flexibility index (Phi) is 4.69. The number of anilines is 1. The second kappa shape index (κ2) is 6.13. The number of hydrogen-bond donors (Lipinski definition) is 1. The Morgan fingerprint density at radius 2 is 2.20 bits per heavy atom. The largest absolute Gasteiger partial charge is 0.356 e. The number of hydrogen-bond acceptors (Lipinski definition) is 3. The van der Waals surface area contributed by atoms with E-state index in [1.807, 2.05) is 12.3 Å². The molecule has 0 bridgehead atoms. The van der Waals surface area contributed by atoms with Gasteiger partial charge in [-0.1, -0.05) is 33.8 Å². The van der Waals surface area contributed by atoms with Crippen molar-refractivity contribution in [1.82, 2.24) is 10.3 Å². The third-order valence-electron chi connectivity index (χ3n) is 4.51. The van der Waals surface area contributed by atoms with Crippen molar-refractivity contribution in [2.75, 3.05) is 24.5 Å². The van der Waals surface area contributed by atoms with Crippen LogP contribution in [0.15, 0.2) is 18.3 Å². The number of nitrogens with one attached hydrogen (secondary N) is 1. The first-order valence-electron chi connectivity index (χ1n) is 7.86. The smallest absolute Gasteiger partial charge is 0.133 e. The second-order valence-corrected chi connectivity index (χ2v) is 6.99. The van der Waals surface area contributed by atoms with Gasteiger partial charge in [0.25, 0.3) is 0 Å².